The molecule has 0 saturated heterocycles. The highest BCUT2D eigenvalue weighted by Gasteiger charge is 2.23. The van der Waals surface area contributed by atoms with Gasteiger partial charge < -0.3 is 10.1 Å². The van der Waals surface area contributed by atoms with Crippen LogP contribution in [0.2, 0.25) is 0 Å². The average Bonchev–Trinajstić information content (AvgIpc) is 3.04. The molecule has 0 saturated carbocycles. The van der Waals surface area contributed by atoms with Gasteiger partial charge in [-0.15, -0.1) is 11.3 Å². The van der Waals surface area contributed by atoms with Crippen molar-refractivity contribution in [2.75, 3.05) is 11.9 Å². The van der Waals surface area contributed by atoms with E-state index in [1.165, 1.54) is 23.7 Å². The van der Waals surface area contributed by atoms with E-state index in [-0.39, 0.29) is 18.3 Å². The monoisotopic (exact) mass is 395 g/mol. The Bertz CT molecular complexity index is 1060. The van der Waals surface area contributed by atoms with Gasteiger partial charge in [0.05, 0.1) is 5.39 Å². The molecule has 0 radical (unpaired) electrons. The molecule has 1 aliphatic carbocycles. The maximum absolute atomic E-state index is 12.3. The van der Waals surface area contributed by atoms with E-state index in [0.717, 1.165) is 29.5 Å². The zero-order valence-electron chi connectivity index (χ0n) is 15.8. The summed E-state index contributed by atoms with van der Waals surface area (Å²) in [4.78, 5) is 34.7. The number of carbonyl (C=O) groups is 2. The van der Waals surface area contributed by atoms with Gasteiger partial charge in [0.25, 0.3) is 5.91 Å². The molecule has 0 bridgehead atoms. The second kappa shape index (κ2) is 7.67. The Morgan fingerprint density at radius 1 is 1.32 bits per heavy atom. The summed E-state index contributed by atoms with van der Waals surface area (Å²) in [5.74, 6) is 0.789. The first-order valence-corrected chi connectivity index (χ1v) is 10.1. The number of carbonyl (C=O) groups excluding carboxylic acids is 2. The van der Waals surface area contributed by atoms with Crippen LogP contribution >= 0.6 is 11.3 Å². The number of aryl methyl sites for hydroxylation is 1. The number of anilines is 1. The topological polar surface area (TPSA) is 81.2 Å². The molecule has 0 aliphatic heterocycles. The molecule has 0 fully saturated rings. The van der Waals surface area contributed by atoms with Crippen molar-refractivity contribution in [3.8, 4) is 5.88 Å². The normalized spacial score (nSPS) is 15.9. The van der Waals surface area contributed by atoms with Crippen molar-refractivity contribution in [1.82, 2.24) is 9.97 Å². The Morgan fingerprint density at radius 2 is 2.18 bits per heavy atom. The highest BCUT2D eigenvalue weighted by Crippen LogP contribution is 2.40. The molecular formula is C21H21N3O3S. The van der Waals surface area contributed by atoms with E-state index in [1.807, 2.05) is 0 Å². The fourth-order valence-corrected chi connectivity index (χ4v) is 4.84. The quantitative estimate of drug-likeness (QED) is 0.660. The second-order valence-electron chi connectivity index (χ2n) is 7.18. The zero-order chi connectivity index (χ0) is 19.7. The summed E-state index contributed by atoms with van der Waals surface area (Å²) in [5.41, 5.74) is 2.38. The fraction of sp³-hybridized carbons (Fsp3) is 0.333. The fourth-order valence-electron chi connectivity index (χ4n) is 3.50. The molecule has 0 spiro atoms. The van der Waals surface area contributed by atoms with E-state index in [0.29, 0.717) is 23.0 Å². The first-order valence-electron chi connectivity index (χ1n) is 9.30. The number of ketones is 1. The number of aromatic nitrogens is 2. The Kier molecular flexibility index (Phi) is 5.09. The van der Waals surface area contributed by atoms with Crippen molar-refractivity contribution in [3.63, 3.8) is 0 Å². The van der Waals surface area contributed by atoms with E-state index in [1.54, 1.807) is 35.6 Å². The predicted molar refractivity (Wildman–Crippen MR) is 109 cm³/mol. The lowest BCUT2D eigenvalue weighted by molar-refractivity contribution is -0.118. The minimum absolute atomic E-state index is 0.0488. The molecule has 7 heteroatoms. The number of amides is 1. The lowest BCUT2D eigenvalue weighted by Crippen LogP contribution is -2.20. The second-order valence-corrected chi connectivity index (χ2v) is 8.27. The molecule has 4 rings (SSSR count). The smallest absolute Gasteiger partial charge is 0.262 e. The number of ether oxygens (including phenoxy) is 1. The predicted octanol–water partition coefficient (Wildman–Crippen LogP) is 4.04. The highest BCUT2D eigenvalue weighted by atomic mass is 32.1. The standard InChI is InChI=1S/C21H21N3O3S/c1-12-6-7-16-17(8-12)28-21-19(16)20(22-11-23-21)27-10-18(26)24-15-5-3-4-14(9-15)13(2)25/h3-5,9,11-12H,6-8,10H2,1-2H3,(H,24,26)/t12-/m0/s1. The largest absolute Gasteiger partial charge is 0.467 e. The number of nitrogens with one attached hydrogen (secondary N) is 1. The number of thiophene rings is 1. The van der Waals surface area contributed by atoms with Gasteiger partial charge in [0, 0.05) is 16.1 Å². The maximum atomic E-state index is 12.3. The Morgan fingerprint density at radius 3 is 3.00 bits per heavy atom. The highest BCUT2D eigenvalue weighted by molar-refractivity contribution is 7.18. The van der Waals surface area contributed by atoms with E-state index in [2.05, 4.69) is 22.2 Å². The van der Waals surface area contributed by atoms with Gasteiger partial charge in [-0.3, -0.25) is 9.59 Å². The maximum Gasteiger partial charge on any atom is 0.262 e. The molecule has 1 aliphatic rings. The average molecular weight is 395 g/mol. The van der Waals surface area contributed by atoms with Gasteiger partial charge in [-0.05, 0) is 49.8 Å². The summed E-state index contributed by atoms with van der Waals surface area (Å²) >= 11 is 1.70. The number of hydrogen-bond donors (Lipinski definition) is 1. The lowest BCUT2D eigenvalue weighted by atomic mass is 9.89. The van der Waals surface area contributed by atoms with Crippen molar-refractivity contribution in [1.29, 1.82) is 0 Å². The Labute approximate surface area is 167 Å². The number of Topliss-reactive ketones (excluding diaryl/α,β-unsaturated/α-hetero) is 1. The van der Waals surface area contributed by atoms with Crippen molar-refractivity contribution >= 4 is 38.9 Å². The van der Waals surface area contributed by atoms with Crippen LogP contribution < -0.4 is 10.1 Å². The van der Waals surface area contributed by atoms with Crippen LogP contribution in [0, 0.1) is 5.92 Å². The molecule has 1 N–H and O–H groups in total. The third-order valence-electron chi connectivity index (χ3n) is 4.95. The van der Waals surface area contributed by atoms with Crippen LogP contribution in [0.1, 0.15) is 41.1 Å². The lowest BCUT2D eigenvalue weighted by Gasteiger charge is -2.18. The van der Waals surface area contributed by atoms with Gasteiger partial charge in [0.15, 0.2) is 12.4 Å². The van der Waals surface area contributed by atoms with Gasteiger partial charge in [0.1, 0.15) is 11.2 Å². The molecule has 144 valence electrons. The first kappa shape index (κ1) is 18.6. The minimum atomic E-state index is -0.301. The molecule has 28 heavy (non-hydrogen) atoms. The van der Waals surface area contributed by atoms with Crippen LogP contribution in [0.25, 0.3) is 10.2 Å². The number of hydrogen-bond acceptors (Lipinski definition) is 6. The van der Waals surface area contributed by atoms with Crippen molar-refractivity contribution < 1.29 is 14.3 Å². The first-order chi connectivity index (χ1) is 13.5. The summed E-state index contributed by atoms with van der Waals surface area (Å²) < 4.78 is 5.76. The summed E-state index contributed by atoms with van der Waals surface area (Å²) in [7, 11) is 0. The van der Waals surface area contributed by atoms with Gasteiger partial charge in [-0.25, -0.2) is 9.97 Å². The zero-order valence-corrected chi connectivity index (χ0v) is 16.6. The van der Waals surface area contributed by atoms with Gasteiger partial charge >= 0.3 is 0 Å². The molecule has 1 amide bonds. The number of nitrogens with zero attached hydrogens (tertiary/aromatic N) is 2. The van der Waals surface area contributed by atoms with E-state index >= 15 is 0 Å². The Hall–Kier alpha value is -2.80. The van der Waals surface area contributed by atoms with Crippen molar-refractivity contribution in [2.45, 2.75) is 33.1 Å². The van der Waals surface area contributed by atoms with Gasteiger partial charge in [-0.2, -0.15) is 0 Å². The molecule has 3 aromatic rings. The van der Waals surface area contributed by atoms with E-state index < -0.39 is 0 Å². The molecule has 1 aromatic carbocycles. The number of benzene rings is 1. The van der Waals surface area contributed by atoms with Gasteiger partial charge in [0.2, 0.25) is 5.88 Å². The van der Waals surface area contributed by atoms with Crippen molar-refractivity contribution in [2.24, 2.45) is 5.92 Å². The van der Waals surface area contributed by atoms with Crippen LogP contribution in [0.15, 0.2) is 30.6 Å². The summed E-state index contributed by atoms with van der Waals surface area (Å²) in [6.07, 6.45) is 4.67. The van der Waals surface area contributed by atoms with Crippen LogP contribution in [0.4, 0.5) is 5.69 Å². The molecular weight excluding hydrogens is 374 g/mol. The molecule has 0 unspecified atom stereocenters. The molecule has 6 nitrogen and oxygen atoms in total. The molecule has 2 aromatic heterocycles. The van der Waals surface area contributed by atoms with Crippen LogP contribution in [-0.4, -0.2) is 28.3 Å². The van der Waals surface area contributed by atoms with Gasteiger partial charge in [-0.1, -0.05) is 19.1 Å². The van der Waals surface area contributed by atoms with Crippen molar-refractivity contribution in [3.05, 3.63) is 46.6 Å². The van der Waals surface area contributed by atoms with E-state index in [9.17, 15) is 9.59 Å². The Balaban J connectivity index is 1.49. The third kappa shape index (κ3) is 3.75. The van der Waals surface area contributed by atoms with Crippen LogP contribution in [0.5, 0.6) is 5.88 Å². The van der Waals surface area contributed by atoms with E-state index in [4.69, 9.17) is 4.74 Å². The third-order valence-corrected chi connectivity index (χ3v) is 6.11. The number of fused-ring (bicyclic) bond motifs is 3. The van der Waals surface area contributed by atoms with Crippen LogP contribution in [-0.2, 0) is 17.6 Å². The number of rotatable bonds is 5. The SMILES string of the molecule is CC(=O)c1cccc(NC(=O)COc2ncnc3sc4c(c23)CC[C@H](C)C4)c1. The summed E-state index contributed by atoms with van der Waals surface area (Å²) in [6, 6.07) is 6.84. The summed E-state index contributed by atoms with van der Waals surface area (Å²) in [6.45, 7) is 3.60. The minimum Gasteiger partial charge on any atom is -0.467 e. The summed E-state index contributed by atoms with van der Waals surface area (Å²) in [5, 5.41) is 3.71. The molecule has 2 heterocycles. The van der Waals surface area contributed by atoms with Crippen LogP contribution in [0.3, 0.4) is 0 Å². The molecule has 1 atom stereocenters.